The Hall–Kier alpha value is -2.33. The first-order valence-electron chi connectivity index (χ1n) is 7.31. The lowest BCUT2D eigenvalue weighted by Crippen LogP contribution is -2.19. The zero-order valence-electron chi connectivity index (χ0n) is 11.8. The first-order chi connectivity index (χ1) is 10.3. The highest BCUT2D eigenvalue weighted by Crippen LogP contribution is 2.22. The molecule has 106 valence electrons. The molecule has 0 bridgehead atoms. The Morgan fingerprint density at radius 2 is 1.86 bits per heavy atom. The molecule has 4 heteroatoms. The summed E-state index contributed by atoms with van der Waals surface area (Å²) in [4.78, 5) is 10.5. The third-order valence-electron chi connectivity index (χ3n) is 4.13. The SMILES string of the molecule is Nc1ccc2nc(CCN3Cc4ccccc4C3)[nH]c2c1. The molecule has 4 rings (SSSR count). The summed E-state index contributed by atoms with van der Waals surface area (Å²) in [5.74, 6) is 1.03. The zero-order chi connectivity index (χ0) is 14.2. The van der Waals surface area contributed by atoms with Gasteiger partial charge < -0.3 is 10.7 Å². The van der Waals surface area contributed by atoms with Crippen molar-refractivity contribution in [3.05, 3.63) is 59.4 Å². The van der Waals surface area contributed by atoms with Crippen molar-refractivity contribution < 1.29 is 0 Å². The van der Waals surface area contributed by atoms with Crippen LogP contribution in [-0.2, 0) is 19.5 Å². The van der Waals surface area contributed by atoms with Crippen molar-refractivity contribution in [1.82, 2.24) is 14.9 Å². The summed E-state index contributed by atoms with van der Waals surface area (Å²) in [6, 6.07) is 14.5. The van der Waals surface area contributed by atoms with Gasteiger partial charge in [0, 0.05) is 31.7 Å². The molecule has 0 radical (unpaired) electrons. The molecule has 1 aromatic heterocycles. The molecule has 0 fully saturated rings. The predicted octanol–water partition coefficient (Wildman–Crippen LogP) is 2.70. The standard InChI is InChI=1S/C17H18N4/c18-14-5-6-15-16(9-14)20-17(19-15)7-8-21-10-12-3-1-2-4-13(12)11-21/h1-6,9H,7-8,10-11,18H2,(H,19,20). The van der Waals surface area contributed by atoms with Gasteiger partial charge >= 0.3 is 0 Å². The van der Waals surface area contributed by atoms with Crippen LogP contribution in [0.4, 0.5) is 5.69 Å². The van der Waals surface area contributed by atoms with Gasteiger partial charge in [0.1, 0.15) is 5.82 Å². The number of benzene rings is 2. The number of aromatic amines is 1. The molecule has 21 heavy (non-hydrogen) atoms. The van der Waals surface area contributed by atoms with E-state index in [-0.39, 0.29) is 0 Å². The Labute approximate surface area is 123 Å². The summed E-state index contributed by atoms with van der Waals surface area (Å²) in [6.45, 7) is 3.11. The molecule has 3 N–H and O–H groups in total. The van der Waals surface area contributed by atoms with Crippen molar-refractivity contribution in [2.75, 3.05) is 12.3 Å². The lowest BCUT2D eigenvalue weighted by atomic mass is 10.1. The Morgan fingerprint density at radius 1 is 1.10 bits per heavy atom. The number of imidazole rings is 1. The van der Waals surface area contributed by atoms with Crippen molar-refractivity contribution >= 4 is 16.7 Å². The quantitative estimate of drug-likeness (QED) is 0.724. The fourth-order valence-corrected chi connectivity index (χ4v) is 3.02. The molecule has 2 aromatic carbocycles. The van der Waals surface area contributed by atoms with Crippen LogP contribution in [0.1, 0.15) is 17.0 Å². The number of rotatable bonds is 3. The normalized spacial score (nSPS) is 14.7. The van der Waals surface area contributed by atoms with Crippen LogP contribution >= 0.6 is 0 Å². The Kier molecular flexibility index (Phi) is 2.89. The molecular formula is C17H18N4. The van der Waals surface area contributed by atoms with Gasteiger partial charge in [0.05, 0.1) is 11.0 Å². The van der Waals surface area contributed by atoms with Gasteiger partial charge in [-0.3, -0.25) is 4.90 Å². The molecule has 3 aromatic rings. The minimum atomic E-state index is 0.771. The number of hydrogen-bond donors (Lipinski definition) is 2. The molecule has 0 unspecified atom stereocenters. The van der Waals surface area contributed by atoms with Crippen LogP contribution in [0.2, 0.25) is 0 Å². The zero-order valence-corrected chi connectivity index (χ0v) is 11.8. The van der Waals surface area contributed by atoms with Crippen molar-refractivity contribution in [1.29, 1.82) is 0 Å². The first kappa shape index (κ1) is 12.4. The number of hydrogen-bond acceptors (Lipinski definition) is 3. The Morgan fingerprint density at radius 3 is 2.62 bits per heavy atom. The van der Waals surface area contributed by atoms with E-state index in [0.29, 0.717) is 0 Å². The van der Waals surface area contributed by atoms with Crippen LogP contribution in [0, 0.1) is 0 Å². The van der Waals surface area contributed by atoms with E-state index in [1.807, 2.05) is 18.2 Å². The number of H-pyrrole nitrogens is 1. The van der Waals surface area contributed by atoms with Crippen molar-refractivity contribution in [2.45, 2.75) is 19.5 Å². The highest BCUT2D eigenvalue weighted by atomic mass is 15.1. The van der Waals surface area contributed by atoms with Gasteiger partial charge in [0.2, 0.25) is 0 Å². The molecule has 0 atom stereocenters. The fourth-order valence-electron chi connectivity index (χ4n) is 3.02. The number of nitrogens with zero attached hydrogens (tertiary/aromatic N) is 2. The van der Waals surface area contributed by atoms with Crippen LogP contribution in [0.3, 0.4) is 0 Å². The minimum Gasteiger partial charge on any atom is -0.399 e. The molecule has 0 amide bonds. The molecule has 1 aliphatic rings. The molecule has 0 spiro atoms. The van der Waals surface area contributed by atoms with Gasteiger partial charge in [-0.2, -0.15) is 0 Å². The summed E-state index contributed by atoms with van der Waals surface area (Å²) in [6.07, 6.45) is 0.933. The van der Waals surface area contributed by atoms with Gasteiger partial charge in [-0.05, 0) is 29.3 Å². The Balaban J connectivity index is 1.45. The van der Waals surface area contributed by atoms with Gasteiger partial charge in [-0.1, -0.05) is 24.3 Å². The third-order valence-corrected chi connectivity index (χ3v) is 4.13. The van der Waals surface area contributed by atoms with Crippen molar-refractivity contribution in [3.8, 4) is 0 Å². The lowest BCUT2D eigenvalue weighted by Gasteiger charge is -2.13. The number of aromatic nitrogens is 2. The minimum absolute atomic E-state index is 0.771. The fraction of sp³-hybridized carbons (Fsp3) is 0.235. The second-order valence-corrected chi connectivity index (χ2v) is 5.69. The lowest BCUT2D eigenvalue weighted by molar-refractivity contribution is 0.286. The maximum absolute atomic E-state index is 5.80. The summed E-state index contributed by atoms with van der Waals surface area (Å²) in [5.41, 5.74) is 11.5. The number of nitrogen functional groups attached to an aromatic ring is 1. The second kappa shape index (κ2) is 4.90. The van der Waals surface area contributed by atoms with Crippen LogP contribution in [-0.4, -0.2) is 21.4 Å². The maximum Gasteiger partial charge on any atom is 0.108 e. The van der Waals surface area contributed by atoms with Crippen molar-refractivity contribution in [3.63, 3.8) is 0 Å². The molecule has 0 saturated heterocycles. The average Bonchev–Trinajstić information content (AvgIpc) is 3.07. The molecule has 0 saturated carbocycles. The number of anilines is 1. The van der Waals surface area contributed by atoms with E-state index >= 15 is 0 Å². The van der Waals surface area contributed by atoms with E-state index in [4.69, 9.17) is 5.73 Å². The average molecular weight is 278 g/mol. The molecular weight excluding hydrogens is 260 g/mol. The maximum atomic E-state index is 5.80. The van der Waals surface area contributed by atoms with Crippen molar-refractivity contribution in [2.24, 2.45) is 0 Å². The van der Waals surface area contributed by atoms with Crippen LogP contribution in [0.25, 0.3) is 11.0 Å². The molecule has 4 nitrogen and oxygen atoms in total. The predicted molar refractivity (Wildman–Crippen MR) is 84.8 cm³/mol. The topological polar surface area (TPSA) is 57.9 Å². The molecule has 0 aliphatic carbocycles. The number of fused-ring (bicyclic) bond motifs is 2. The largest absolute Gasteiger partial charge is 0.399 e. The highest BCUT2D eigenvalue weighted by Gasteiger charge is 2.18. The van der Waals surface area contributed by atoms with Gasteiger partial charge in [0.25, 0.3) is 0 Å². The van der Waals surface area contributed by atoms with Gasteiger partial charge in [-0.25, -0.2) is 4.98 Å². The summed E-state index contributed by atoms with van der Waals surface area (Å²) < 4.78 is 0. The van der Waals surface area contributed by atoms with Crippen LogP contribution < -0.4 is 5.73 Å². The molecule has 1 aliphatic heterocycles. The van der Waals surface area contributed by atoms with E-state index in [2.05, 4.69) is 39.1 Å². The second-order valence-electron chi connectivity index (χ2n) is 5.69. The van der Waals surface area contributed by atoms with E-state index in [1.54, 1.807) is 0 Å². The smallest absolute Gasteiger partial charge is 0.108 e. The molecule has 2 heterocycles. The van der Waals surface area contributed by atoms with Crippen LogP contribution in [0.5, 0.6) is 0 Å². The van der Waals surface area contributed by atoms with Gasteiger partial charge in [0.15, 0.2) is 0 Å². The summed E-state index contributed by atoms with van der Waals surface area (Å²) >= 11 is 0. The highest BCUT2D eigenvalue weighted by molar-refractivity contribution is 5.78. The first-order valence-corrected chi connectivity index (χ1v) is 7.31. The monoisotopic (exact) mass is 278 g/mol. The third kappa shape index (κ3) is 2.38. The number of nitrogens with one attached hydrogen (secondary N) is 1. The van der Waals surface area contributed by atoms with Gasteiger partial charge in [-0.15, -0.1) is 0 Å². The van der Waals surface area contributed by atoms with E-state index in [9.17, 15) is 0 Å². The summed E-state index contributed by atoms with van der Waals surface area (Å²) in [7, 11) is 0. The Bertz CT molecular complexity index is 765. The van der Waals surface area contributed by atoms with E-state index < -0.39 is 0 Å². The number of nitrogens with two attached hydrogens (primary N) is 1. The van der Waals surface area contributed by atoms with E-state index in [0.717, 1.165) is 48.6 Å². The van der Waals surface area contributed by atoms with E-state index in [1.165, 1.54) is 11.1 Å². The summed E-state index contributed by atoms with van der Waals surface area (Å²) in [5, 5.41) is 0. The van der Waals surface area contributed by atoms with Crippen LogP contribution in [0.15, 0.2) is 42.5 Å².